The lowest BCUT2D eigenvalue weighted by Gasteiger charge is -2.21. The van der Waals surface area contributed by atoms with Crippen molar-refractivity contribution in [3.8, 4) is 11.1 Å². The van der Waals surface area contributed by atoms with E-state index in [9.17, 15) is 14.7 Å². The van der Waals surface area contributed by atoms with Crippen LogP contribution in [0.2, 0.25) is 0 Å². The Bertz CT molecular complexity index is 1330. The maximum atomic E-state index is 12.0. The summed E-state index contributed by atoms with van der Waals surface area (Å²) >= 11 is 0. The first-order valence-corrected chi connectivity index (χ1v) is 10.8. The molecule has 0 bridgehead atoms. The minimum atomic E-state index is -1.04. The number of carbonyl (C=O) groups excluding carboxylic acids is 1. The number of benzene rings is 1. The SMILES string of the molecule is CCNC(=O)Nc1cc2c(-c3ccncc3)ccc(CN(Cc3nccn3C)C(=O)O)c2cn1.Cl. The number of amides is 3. The highest BCUT2D eigenvalue weighted by molar-refractivity contribution is 6.00. The lowest BCUT2D eigenvalue weighted by Crippen LogP contribution is -2.29. The highest BCUT2D eigenvalue weighted by atomic mass is 35.5. The number of nitrogens with one attached hydrogen (secondary N) is 2. The highest BCUT2D eigenvalue weighted by Gasteiger charge is 2.18. The van der Waals surface area contributed by atoms with Crippen LogP contribution in [0.25, 0.3) is 21.9 Å². The summed E-state index contributed by atoms with van der Waals surface area (Å²) in [6, 6.07) is 9.11. The molecule has 0 saturated heterocycles. The van der Waals surface area contributed by atoms with Gasteiger partial charge in [-0.2, -0.15) is 0 Å². The Labute approximate surface area is 208 Å². The van der Waals surface area contributed by atoms with Gasteiger partial charge in [0, 0.05) is 50.0 Å². The first-order valence-electron chi connectivity index (χ1n) is 10.8. The largest absolute Gasteiger partial charge is 0.465 e. The predicted octanol–water partition coefficient (Wildman–Crippen LogP) is 4.27. The zero-order valence-electron chi connectivity index (χ0n) is 19.3. The molecule has 1 aromatic carbocycles. The van der Waals surface area contributed by atoms with E-state index in [1.807, 2.05) is 38.2 Å². The predicted molar refractivity (Wildman–Crippen MR) is 135 cm³/mol. The molecule has 0 atom stereocenters. The number of hydrogen-bond donors (Lipinski definition) is 3. The summed E-state index contributed by atoms with van der Waals surface area (Å²) in [5.74, 6) is 1.04. The van der Waals surface area contributed by atoms with Crippen molar-refractivity contribution in [1.29, 1.82) is 0 Å². The van der Waals surface area contributed by atoms with E-state index in [2.05, 4.69) is 25.6 Å². The molecule has 3 amide bonds. The maximum Gasteiger partial charge on any atom is 0.408 e. The van der Waals surface area contributed by atoms with Crippen molar-refractivity contribution in [2.24, 2.45) is 7.05 Å². The van der Waals surface area contributed by atoms with Crippen LogP contribution < -0.4 is 10.6 Å². The Kier molecular flexibility index (Phi) is 8.21. The van der Waals surface area contributed by atoms with Gasteiger partial charge in [0.15, 0.2) is 0 Å². The summed E-state index contributed by atoms with van der Waals surface area (Å²) in [5, 5.41) is 16.9. The van der Waals surface area contributed by atoms with Crippen LogP contribution in [0.5, 0.6) is 0 Å². The quantitative estimate of drug-likeness (QED) is 0.351. The summed E-state index contributed by atoms with van der Waals surface area (Å²) in [7, 11) is 1.83. The lowest BCUT2D eigenvalue weighted by molar-refractivity contribution is 0.137. The number of halogens is 1. The number of imidazole rings is 1. The first-order chi connectivity index (χ1) is 16.5. The Morgan fingerprint density at radius 1 is 1.06 bits per heavy atom. The van der Waals surface area contributed by atoms with E-state index in [-0.39, 0.29) is 31.5 Å². The number of anilines is 1. The smallest absolute Gasteiger partial charge is 0.408 e. The van der Waals surface area contributed by atoms with Gasteiger partial charge in [-0.15, -0.1) is 12.4 Å². The molecule has 0 aliphatic carbocycles. The van der Waals surface area contributed by atoms with Gasteiger partial charge in [-0.05, 0) is 47.2 Å². The van der Waals surface area contributed by atoms with Crippen molar-refractivity contribution in [3.63, 3.8) is 0 Å². The number of urea groups is 1. The number of nitrogens with zero attached hydrogens (tertiary/aromatic N) is 5. The number of aromatic nitrogens is 4. The molecule has 35 heavy (non-hydrogen) atoms. The standard InChI is InChI=1S/C24H25N7O3.ClH/c1-3-26-23(32)29-21-12-19-18(16-6-8-25-9-7-16)5-4-17(20(19)13-28-21)14-31(24(33)34)15-22-27-10-11-30(22)2;/h4-13H,3,14-15H2,1-2H3,(H,33,34)(H2,26,28,29,32);1H. The number of pyridine rings is 2. The second kappa shape index (κ2) is 11.3. The van der Waals surface area contributed by atoms with Crippen molar-refractivity contribution in [2.75, 3.05) is 11.9 Å². The molecule has 182 valence electrons. The molecule has 0 radical (unpaired) electrons. The topological polar surface area (TPSA) is 125 Å². The normalized spacial score (nSPS) is 10.5. The van der Waals surface area contributed by atoms with Gasteiger partial charge in [0.05, 0.1) is 13.1 Å². The van der Waals surface area contributed by atoms with E-state index in [1.54, 1.807) is 41.6 Å². The molecule has 0 aliphatic heterocycles. The third kappa shape index (κ3) is 5.85. The lowest BCUT2D eigenvalue weighted by atomic mass is 9.96. The van der Waals surface area contributed by atoms with E-state index in [0.717, 1.165) is 27.5 Å². The fraction of sp³-hybridized carbons (Fsp3) is 0.208. The van der Waals surface area contributed by atoms with Crippen molar-refractivity contribution >= 4 is 41.1 Å². The third-order valence-electron chi connectivity index (χ3n) is 5.45. The highest BCUT2D eigenvalue weighted by Crippen LogP contribution is 2.32. The van der Waals surface area contributed by atoms with E-state index < -0.39 is 6.09 Å². The van der Waals surface area contributed by atoms with E-state index >= 15 is 0 Å². The van der Waals surface area contributed by atoms with Crippen molar-refractivity contribution in [2.45, 2.75) is 20.0 Å². The van der Waals surface area contributed by atoms with Crippen LogP contribution in [0.15, 0.2) is 61.3 Å². The summed E-state index contributed by atoms with van der Waals surface area (Å²) < 4.78 is 1.79. The number of carboxylic acid groups (broad SMARTS) is 1. The van der Waals surface area contributed by atoms with Crippen LogP contribution in [-0.2, 0) is 20.1 Å². The van der Waals surface area contributed by atoms with Crippen LogP contribution in [-0.4, -0.2) is 48.2 Å². The number of aryl methyl sites for hydroxylation is 1. The Morgan fingerprint density at radius 2 is 1.83 bits per heavy atom. The summed E-state index contributed by atoms with van der Waals surface area (Å²) in [5.41, 5.74) is 2.67. The zero-order valence-corrected chi connectivity index (χ0v) is 20.1. The fourth-order valence-corrected chi connectivity index (χ4v) is 3.72. The van der Waals surface area contributed by atoms with Gasteiger partial charge in [0.1, 0.15) is 11.6 Å². The molecular weight excluding hydrogens is 470 g/mol. The van der Waals surface area contributed by atoms with Gasteiger partial charge in [-0.25, -0.2) is 19.6 Å². The number of fused-ring (bicyclic) bond motifs is 1. The summed E-state index contributed by atoms with van der Waals surface area (Å²) in [6.07, 6.45) is 7.46. The van der Waals surface area contributed by atoms with Crippen molar-refractivity contribution < 1.29 is 14.7 Å². The molecule has 3 N–H and O–H groups in total. The molecular formula is C24H26ClN7O3. The zero-order chi connectivity index (χ0) is 24.1. The van der Waals surface area contributed by atoms with Gasteiger partial charge in [0.2, 0.25) is 0 Å². The molecule has 0 fully saturated rings. The minimum Gasteiger partial charge on any atom is -0.465 e. The Balaban J connectivity index is 0.00000342. The minimum absolute atomic E-state index is 0. The summed E-state index contributed by atoms with van der Waals surface area (Å²) in [4.78, 5) is 38.1. The molecule has 10 nitrogen and oxygen atoms in total. The molecule has 0 unspecified atom stereocenters. The average Bonchev–Trinajstić information content (AvgIpc) is 3.23. The van der Waals surface area contributed by atoms with Gasteiger partial charge < -0.3 is 15.0 Å². The van der Waals surface area contributed by atoms with Gasteiger partial charge >= 0.3 is 12.1 Å². The van der Waals surface area contributed by atoms with Gasteiger partial charge in [-0.3, -0.25) is 15.2 Å². The van der Waals surface area contributed by atoms with Gasteiger partial charge in [0.25, 0.3) is 0 Å². The Morgan fingerprint density at radius 3 is 2.49 bits per heavy atom. The van der Waals surface area contributed by atoms with E-state index in [1.165, 1.54) is 4.90 Å². The number of carbonyl (C=O) groups is 2. The average molecular weight is 496 g/mol. The molecule has 0 spiro atoms. The third-order valence-corrected chi connectivity index (χ3v) is 5.45. The first kappa shape index (κ1) is 25.4. The number of rotatable bonds is 7. The van der Waals surface area contributed by atoms with Crippen molar-refractivity contribution in [1.82, 2.24) is 29.7 Å². The second-order valence-electron chi connectivity index (χ2n) is 7.70. The summed E-state index contributed by atoms with van der Waals surface area (Å²) in [6.45, 7) is 2.63. The van der Waals surface area contributed by atoms with E-state index in [4.69, 9.17) is 0 Å². The molecule has 0 saturated carbocycles. The fourth-order valence-electron chi connectivity index (χ4n) is 3.72. The van der Waals surface area contributed by atoms with Crippen LogP contribution in [0.1, 0.15) is 18.3 Å². The van der Waals surface area contributed by atoms with E-state index in [0.29, 0.717) is 18.2 Å². The van der Waals surface area contributed by atoms with Gasteiger partial charge in [-0.1, -0.05) is 12.1 Å². The molecule has 3 aromatic heterocycles. The van der Waals surface area contributed by atoms with Crippen LogP contribution in [0.4, 0.5) is 15.4 Å². The monoisotopic (exact) mass is 495 g/mol. The molecule has 4 rings (SSSR count). The molecule has 11 heteroatoms. The second-order valence-corrected chi connectivity index (χ2v) is 7.70. The number of hydrogen-bond acceptors (Lipinski definition) is 5. The molecule has 3 heterocycles. The molecule has 4 aromatic rings. The van der Waals surface area contributed by atoms with Crippen molar-refractivity contribution in [3.05, 3.63) is 72.7 Å². The Hall–Kier alpha value is -4.18. The van der Waals surface area contributed by atoms with Crippen LogP contribution in [0, 0.1) is 0 Å². The van der Waals surface area contributed by atoms with Crippen LogP contribution >= 0.6 is 12.4 Å². The molecule has 0 aliphatic rings. The maximum absolute atomic E-state index is 12.0. The van der Waals surface area contributed by atoms with Crippen LogP contribution in [0.3, 0.4) is 0 Å².